The third-order valence-corrected chi connectivity index (χ3v) is 4.45. The molecule has 0 spiro atoms. The van der Waals surface area contributed by atoms with Crippen LogP contribution >= 0.6 is 15.9 Å². The molecule has 1 aromatic rings. The van der Waals surface area contributed by atoms with Gasteiger partial charge in [-0.3, -0.25) is 0 Å². The molecule has 104 valence electrons. The van der Waals surface area contributed by atoms with Crippen LogP contribution in [0.3, 0.4) is 0 Å². The van der Waals surface area contributed by atoms with Crippen molar-refractivity contribution in [1.29, 1.82) is 0 Å². The smallest absolute Gasteiger partial charge is 0.335 e. The Morgan fingerprint density at radius 3 is 2.74 bits per heavy atom. The summed E-state index contributed by atoms with van der Waals surface area (Å²) in [5.41, 5.74) is 1.28. The van der Waals surface area contributed by atoms with Crippen molar-refractivity contribution in [2.45, 2.75) is 38.5 Å². The lowest BCUT2D eigenvalue weighted by atomic mass is 10.0. The first-order chi connectivity index (χ1) is 9.16. The van der Waals surface area contributed by atoms with Crippen molar-refractivity contribution in [3.8, 4) is 0 Å². The normalized spacial score (nSPS) is 15.6. The van der Waals surface area contributed by atoms with Crippen LogP contribution in [0.15, 0.2) is 22.7 Å². The summed E-state index contributed by atoms with van der Waals surface area (Å²) < 4.78 is 0.813. The largest absolute Gasteiger partial charge is 0.478 e. The van der Waals surface area contributed by atoms with Crippen LogP contribution in [0.4, 0.5) is 5.69 Å². The van der Waals surface area contributed by atoms with Gasteiger partial charge in [0.25, 0.3) is 0 Å². The molecular weight excluding hydrogens is 306 g/mol. The predicted molar refractivity (Wildman–Crippen MR) is 80.8 cm³/mol. The molecule has 4 heteroatoms. The third kappa shape index (κ3) is 4.23. The van der Waals surface area contributed by atoms with Crippen LogP contribution in [-0.2, 0) is 0 Å². The monoisotopic (exact) mass is 325 g/mol. The number of hydrogen-bond acceptors (Lipinski definition) is 2. The number of halogens is 1. The van der Waals surface area contributed by atoms with Crippen molar-refractivity contribution < 1.29 is 9.90 Å². The SMILES string of the molecule is O=C(O)c1ccc(NCCCC2CCCC2)c(Br)c1. The Morgan fingerprint density at radius 1 is 1.37 bits per heavy atom. The van der Waals surface area contributed by atoms with E-state index in [1.165, 1.54) is 38.5 Å². The number of hydrogen-bond donors (Lipinski definition) is 2. The van der Waals surface area contributed by atoms with Gasteiger partial charge in [0, 0.05) is 16.7 Å². The van der Waals surface area contributed by atoms with Gasteiger partial charge in [0.15, 0.2) is 0 Å². The van der Waals surface area contributed by atoms with E-state index in [0.29, 0.717) is 5.56 Å². The summed E-state index contributed by atoms with van der Waals surface area (Å²) in [6.07, 6.45) is 8.09. The van der Waals surface area contributed by atoms with Crippen molar-refractivity contribution in [3.63, 3.8) is 0 Å². The Labute approximate surface area is 122 Å². The second-order valence-electron chi connectivity index (χ2n) is 5.22. The molecule has 19 heavy (non-hydrogen) atoms. The average Bonchev–Trinajstić information content (AvgIpc) is 2.89. The molecule has 0 aliphatic heterocycles. The summed E-state index contributed by atoms with van der Waals surface area (Å²) in [7, 11) is 0. The minimum absolute atomic E-state index is 0.309. The van der Waals surface area contributed by atoms with E-state index in [1.54, 1.807) is 12.1 Å². The van der Waals surface area contributed by atoms with Gasteiger partial charge in [-0.25, -0.2) is 4.79 Å². The summed E-state index contributed by atoms with van der Waals surface area (Å²) in [6, 6.07) is 5.09. The number of anilines is 1. The van der Waals surface area contributed by atoms with E-state index in [4.69, 9.17) is 5.11 Å². The number of nitrogens with one attached hydrogen (secondary N) is 1. The van der Waals surface area contributed by atoms with Crippen molar-refractivity contribution in [1.82, 2.24) is 0 Å². The highest BCUT2D eigenvalue weighted by atomic mass is 79.9. The highest BCUT2D eigenvalue weighted by Crippen LogP contribution is 2.29. The van der Waals surface area contributed by atoms with E-state index in [0.717, 1.165) is 22.6 Å². The van der Waals surface area contributed by atoms with Gasteiger partial charge in [0.05, 0.1) is 5.56 Å². The molecule has 1 aliphatic carbocycles. The average molecular weight is 326 g/mol. The maximum atomic E-state index is 10.8. The fourth-order valence-electron chi connectivity index (χ4n) is 2.70. The van der Waals surface area contributed by atoms with Crippen molar-refractivity contribution in [2.75, 3.05) is 11.9 Å². The zero-order valence-electron chi connectivity index (χ0n) is 11.0. The Hall–Kier alpha value is -1.03. The van der Waals surface area contributed by atoms with Gasteiger partial charge in [-0.1, -0.05) is 25.7 Å². The fraction of sp³-hybridized carbons (Fsp3) is 0.533. The minimum atomic E-state index is -0.895. The second-order valence-corrected chi connectivity index (χ2v) is 6.07. The molecular formula is C15H20BrNO2. The lowest BCUT2D eigenvalue weighted by molar-refractivity contribution is 0.0697. The highest BCUT2D eigenvalue weighted by Gasteiger charge is 2.14. The van der Waals surface area contributed by atoms with Crippen LogP contribution in [0.2, 0.25) is 0 Å². The van der Waals surface area contributed by atoms with E-state index in [9.17, 15) is 4.79 Å². The van der Waals surface area contributed by atoms with Gasteiger partial charge < -0.3 is 10.4 Å². The molecule has 0 aromatic heterocycles. The molecule has 3 nitrogen and oxygen atoms in total. The lowest BCUT2D eigenvalue weighted by Gasteiger charge is -2.11. The van der Waals surface area contributed by atoms with Gasteiger partial charge in [-0.05, 0) is 52.9 Å². The predicted octanol–water partition coefficient (Wildman–Crippen LogP) is 4.53. The van der Waals surface area contributed by atoms with E-state index < -0.39 is 5.97 Å². The van der Waals surface area contributed by atoms with Crippen LogP contribution < -0.4 is 5.32 Å². The minimum Gasteiger partial charge on any atom is -0.478 e. The summed E-state index contributed by atoms with van der Waals surface area (Å²) in [5.74, 6) is 0.0353. The van der Waals surface area contributed by atoms with E-state index in [-0.39, 0.29) is 0 Å². The number of carboxylic acid groups (broad SMARTS) is 1. The summed E-state index contributed by atoms with van der Waals surface area (Å²) in [6.45, 7) is 0.946. The molecule has 1 aromatic carbocycles. The summed E-state index contributed by atoms with van der Waals surface area (Å²) in [4.78, 5) is 10.8. The van der Waals surface area contributed by atoms with E-state index in [2.05, 4.69) is 21.2 Å². The second kappa shape index (κ2) is 6.94. The third-order valence-electron chi connectivity index (χ3n) is 3.80. The molecule has 0 saturated heterocycles. The number of aromatic carboxylic acids is 1. The number of carbonyl (C=O) groups is 1. The van der Waals surface area contributed by atoms with Crippen molar-refractivity contribution in [3.05, 3.63) is 28.2 Å². The Kier molecular flexibility index (Phi) is 5.25. The first-order valence-corrected chi connectivity index (χ1v) is 7.73. The van der Waals surface area contributed by atoms with Crippen LogP contribution in [-0.4, -0.2) is 17.6 Å². The van der Waals surface area contributed by atoms with Crippen LogP contribution in [0.25, 0.3) is 0 Å². The maximum Gasteiger partial charge on any atom is 0.335 e. The molecule has 1 aliphatic rings. The van der Waals surface area contributed by atoms with Gasteiger partial charge in [0.1, 0.15) is 0 Å². The number of benzene rings is 1. The maximum absolute atomic E-state index is 10.8. The summed E-state index contributed by atoms with van der Waals surface area (Å²) in [5, 5.41) is 12.3. The van der Waals surface area contributed by atoms with Gasteiger partial charge in [-0.15, -0.1) is 0 Å². The number of carboxylic acids is 1. The van der Waals surface area contributed by atoms with Gasteiger partial charge in [-0.2, -0.15) is 0 Å². The first-order valence-electron chi connectivity index (χ1n) is 6.93. The van der Waals surface area contributed by atoms with Gasteiger partial charge >= 0.3 is 5.97 Å². The van der Waals surface area contributed by atoms with Crippen LogP contribution in [0, 0.1) is 5.92 Å². The van der Waals surface area contributed by atoms with E-state index >= 15 is 0 Å². The topological polar surface area (TPSA) is 49.3 Å². The molecule has 1 fully saturated rings. The van der Waals surface area contributed by atoms with Crippen molar-refractivity contribution in [2.24, 2.45) is 5.92 Å². The Morgan fingerprint density at radius 2 is 2.11 bits per heavy atom. The number of rotatable bonds is 6. The molecule has 1 saturated carbocycles. The quantitative estimate of drug-likeness (QED) is 0.755. The molecule has 2 rings (SSSR count). The Balaban J connectivity index is 1.77. The summed E-state index contributed by atoms with van der Waals surface area (Å²) >= 11 is 3.41. The molecule has 0 amide bonds. The molecule has 0 bridgehead atoms. The zero-order chi connectivity index (χ0) is 13.7. The van der Waals surface area contributed by atoms with Gasteiger partial charge in [0.2, 0.25) is 0 Å². The van der Waals surface area contributed by atoms with Crippen LogP contribution in [0.5, 0.6) is 0 Å². The molecule has 0 heterocycles. The molecule has 0 radical (unpaired) electrons. The molecule has 2 N–H and O–H groups in total. The first kappa shape index (κ1) is 14.4. The van der Waals surface area contributed by atoms with Crippen LogP contribution in [0.1, 0.15) is 48.9 Å². The van der Waals surface area contributed by atoms with E-state index in [1.807, 2.05) is 6.07 Å². The Bertz CT molecular complexity index is 442. The molecule has 0 unspecified atom stereocenters. The zero-order valence-corrected chi connectivity index (χ0v) is 12.6. The molecule has 0 atom stereocenters. The highest BCUT2D eigenvalue weighted by molar-refractivity contribution is 9.10. The van der Waals surface area contributed by atoms with Crippen molar-refractivity contribution >= 4 is 27.6 Å². The standard InChI is InChI=1S/C15H20BrNO2/c16-13-10-12(15(18)19)7-8-14(13)17-9-3-6-11-4-1-2-5-11/h7-8,10-11,17H,1-6,9H2,(H,18,19). The fourth-order valence-corrected chi connectivity index (χ4v) is 3.22. The lowest BCUT2D eigenvalue weighted by Crippen LogP contribution is -2.05.